The molecule has 3 nitrogen and oxygen atoms in total. The number of nitriles is 1. The third kappa shape index (κ3) is 1.64. The molecule has 0 saturated carbocycles. The highest BCUT2D eigenvalue weighted by atomic mass is 14.9. The van der Waals surface area contributed by atoms with Crippen molar-refractivity contribution in [2.24, 2.45) is 0 Å². The van der Waals surface area contributed by atoms with Crippen LogP contribution in [0, 0.1) is 18.3 Å². The van der Waals surface area contributed by atoms with Crippen LogP contribution in [0.1, 0.15) is 11.1 Å². The van der Waals surface area contributed by atoms with Gasteiger partial charge in [-0.1, -0.05) is 12.1 Å². The summed E-state index contributed by atoms with van der Waals surface area (Å²) in [4.78, 5) is 7.90. The smallest absolute Gasteiger partial charge is 0.138 e. The molecular weight excluding hydrogens is 222 g/mol. The molecule has 18 heavy (non-hydrogen) atoms. The Hall–Kier alpha value is -2.60. The van der Waals surface area contributed by atoms with Gasteiger partial charge in [0.05, 0.1) is 22.7 Å². The summed E-state index contributed by atoms with van der Waals surface area (Å²) in [5.74, 6) is 0.837. The highest BCUT2D eigenvalue weighted by Gasteiger charge is 2.06. The fourth-order valence-corrected chi connectivity index (χ4v) is 2.01. The standard InChI is InChI=1S/C15H11N3/c1-10-3-2-4-13-14(10)18-15(17-13)12-7-5-11(9-16)6-8-12/h2-8H,1H3,(H,17,18). The van der Waals surface area contributed by atoms with Crippen molar-refractivity contribution in [2.75, 3.05) is 0 Å². The molecule has 86 valence electrons. The van der Waals surface area contributed by atoms with Crippen LogP contribution in [0.25, 0.3) is 22.4 Å². The van der Waals surface area contributed by atoms with Crippen molar-refractivity contribution in [3.8, 4) is 17.5 Å². The minimum absolute atomic E-state index is 0.658. The zero-order chi connectivity index (χ0) is 12.5. The van der Waals surface area contributed by atoms with Gasteiger partial charge in [-0.25, -0.2) is 4.98 Å². The Morgan fingerprint density at radius 2 is 1.89 bits per heavy atom. The number of aromatic amines is 1. The Kier molecular flexibility index (Phi) is 2.35. The normalized spacial score (nSPS) is 10.4. The molecule has 0 aliphatic rings. The van der Waals surface area contributed by atoms with E-state index in [0.29, 0.717) is 5.56 Å². The second kappa shape index (κ2) is 4.01. The molecule has 0 bridgehead atoms. The van der Waals surface area contributed by atoms with E-state index in [2.05, 4.69) is 16.0 Å². The molecule has 1 N–H and O–H groups in total. The third-order valence-corrected chi connectivity index (χ3v) is 3.00. The minimum atomic E-state index is 0.658. The van der Waals surface area contributed by atoms with E-state index in [-0.39, 0.29) is 0 Å². The fourth-order valence-electron chi connectivity index (χ4n) is 2.01. The van der Waals surface area contributed by atoms with E-state index < -0.39 is 0 Å². The Balaban J connectivity index is 2.14. The Labute approximate surface area is 105 Å². The molecule has 0 fully saturated rings. The summed E-state index contributed by atoms with van der Waals surface area (Å²) in [6, 6.07) is 15.6. The van der Waals surface area contributed by atoms with Gasteiger partial charge in [-0.15, -0.1) is 0 Å². The molecule has 1 aromatic heterocycles. The number of rotatable bonds is 1. The summed E-state index contributed by atoms with van der Waals surface area (Å²) in [6.07, 6.45) is 0. The molecule has 0 aliphatic carbocycles. The van der Waals surface area contributed by atoms with Gasteiger partial charge in [0.15, 0.2) is 0 Å². The van der Waals surface area contributed by atoms with Crippen LogP contribution in [-0.2, 0) is 0 Å². The van der Waals surface area contributed by atoms with Gasteiger partial charge in [0.2, 0.25) is 0 Å². The molecule has 0 unspecified atom stereocenters. The van der Waals surface area contributed by atoms with Gasteiger partial charge in [0.25, 0.3) is 0 Å². The maximum atomic E-state index is 8.78. The molecule has 1 heterocycles. The lowest BCUT2D eigenvalue weighted by Crippen LogP contribution is -1.81. The van der Waals surface area contributed by atoms with Crippen LogP contribution in [0.4, 0.5) is 0 Å². The number of aryl methyl sites for hydroxylation is 1. The molecule has 0 atom stereocenters. The van der Waals surface area contributed by atoms with Crippen LogP contribution in [0.3, 0.4) is 0 Å². The summed E-state index contributed by atoms with van der Waals surface area (Å²) in [6.45, 7) is 2.05. The van der Waals surface area contributed by atoms with Crippen LogP contribution in [0.5, 0.6) is 0 Å². The number of benzene rings is 2. The molecule has 0 saturated heterocycles. The summed E-state index contributed by atoms with van der Waals surface area (Å²) < 4.78 is 0. The predicted molar refractivity (Wildman–Crippen MR) is 71.0 cm³/mol. The topological polar surface area (TPSA) is 52.5 Å². The molecule has 0 radical (unpaired) electrons. The fraction of sp³-hybridized carbons (Fsp3) is 0.0667. The highest BCUT2D eigenvalue weighted by Crippen LogP contribution is 2.22. The van der Waals surface area contributed by atoms with E-state index in [1.165, 1.54) is 0 Å². The minimum Gasteiger partial charge on any atom is -0.338 e. The first kappa shape index (κ1) is 10.5. The zero-order valence-corrected chi connectivity index (χ0v) is 9.94. The SMILES string of the molecule is Cc1cccc2[nH]c(-c3ccc(C#N)cc3)nc12. The quantitative estimate of drug-likeness (QED) is 0.700. The number of hydrogen-bond donors (Lipinski definition) is 1. The third-order valence-electron chi connectivity index (χ3n) is 3.00. The number of nitrogens with one attached hydrogen (secondary N) is 1. The molecule has 2 aromatic carbocycles. The lowest BCUT2D eigenvalue weighted by Gasteiger charge is -1.95. The van der Waals surface area contributed by atoms with Crippen molar-refractivity contribution in [3.05, 3.63) is 53.6 Å². The average molecular weight is 233 g/mol. The first-order valence-corrected chi connectivity index (χ1v) is 5.74. The Morgan fingerprint density at radius 1 is 1.11 bits per heavy atom. The molecule has 0 spiro atoms. The van der Waals surface area contributed by atoms with E-state index in [0.717, 1.165) is 28.0 Å². The van der Waals surface area contributed by atoms with Crippen molar-refractivity contribution >= 4 is 11.0 Å². The van der Waals surface area contributed by atoms with Gasteiger partial charge in [0, 0.05) is 5.56 Å². The number of imidazole rings is 1. The van der Waals surface area contributed by atoms with E-state index >= 15 is 0 Å². The van der Waals surface area contributed by atoms with Gasteiger partial charge >= 0.3 is 0 Å². The van der Waals surface area contributed by atoms with Gasteiger partial charge in [0.1, 0.15) is 5.82 Å². The van der Waals surface area contributed by atoms with Gasteiger partial charge in [-0.3, -0.25) is 0 Å². The molecule has 0 amide bonds. The highest BCUT2D eigenvalue weighted by molar-refractivity contribution is 5.82. The van der Waals surface area contributed by atoms with Crippen LogP contribution in [-0.4, -0.2) is 9.97 Å². The maximum absolute atomic E-state index is 8.78. The molecule has 0 aliphatic heterocycles. The van der Waals surface area contributed by atoms with Crippen molar-refractivity contribution in [1.29, 1.82) is 5.26 Å². The number of H-pyrrole nitrogens is 1. The first-order valence-electron chi connectivity index (χ1n) is 5.74. The van der Waals surface area contributed by atoms with Crippen molar-refractivity contribution in [3.63, 3.8) is 0 Å². The van der Waals surface area contributed by atoms with Crippen LogP contribution < -0.4 is 0 Å². The molecular formula is C15H11N3. The second-order valence-electron chi connectivity index (χ2n) is 4.25. The van der Waals surface area contributed by atoms with Crippen molar-refractivity contribution in [1.82, 2.24) is 9.97 Å². The monoisotopic (exact) mass is 233 g/mol. The number of para-hydroxylation sites is 1. The molecule has 3 heteroatoms. The first-order chi connectivity index (χ1) is 8.78. The summed E-state index contributed by atoms with van der Waals surface area (Å²) >= 11 is 0. The zero-order valence-electron chi connectivity index (χ0n) is 9.94. The second-order valence-corrected chi connectivity index (χ2v) is 4.25. The average Bonchev–Trinajstić information content (AvgIpc) is 2.84. The lowest BCUT2D eigenvalue weighted by atomic mass is 10.1. The van der Waals surface area contributed by atoms with E-state index in [1.807, 2.05) is 37.3 Å². The maximum Gasteiger partial charge on any atom is 0.138 e. The van der Waals surface area contributed by atoms with Crippen molar-refractivity contribution < 1.29 is 0 Å². The van der Waals surface area contributed by atoms with Crippen LogP contribution >= 0.6 is 0 Å². The number of nitrogens with zero attached hydrogens (tertiary/aromatic N) is 2. The number of aromatic nitrogens is 2. The number of hydrogen-bond acceptors (Lipinski definition) is 2. The van der Waals surface area contributed by atoms with Crippen molar-refractivity contribution in [2.45, 2.75) is 6.92 Å². The van der Waals surface area contributed by atoms with Crippen LogP contribution in [0.15, 0.2) is 42.5 Å². The predicted octanol–water partition coefficient (Wildman–Crippen LogP) is 3.41. The Morgan fingerprint density at radius 3 is 2.56 bits per heavy atom. The summed E-state index contributed by atoms with van der Waals surface area (Å²) in [7, 11) is 0. The molecule has 3 aromatic rings. The number of fused-ring (bicyclic) bond motifs is 1. The van der Waals surface area contributed by atoms with Gasteiger partial charge < -0.3 is 4.98 Å². The van der Waals surface area contributed by atoms with Gasteiger partial charge in [-0.05, 0) is 42.8 Å². The largest absolute Gasteiger partial charge is 0.338 e. The van der Waals surface area contributed by atoms with E-state index in [4.69, 9.17) is 5.26 Å². The Bertz CT molecular complexity index is 745. The van der Waals surface area contributed by atoms with Gasteiger partial charge in [-0.2, -0.15) is 5.26 Å². The van der Waals surface area contributed by atoms with E-state index in [9.17, 15) is 0 Å². The van der Waals surface area contributed by atoms with E-state index in [1.54, 1.807) is 12.1 Å². The van der Waals surface area contributed by atoms with Crippen LogP contribution in [0.2, 0.25) is 0 Å². The summed E-state index contributed by atoms with van der Waals surface area (Å²) in [5.41, 5.74) is 4.84. The lowest BCUT2D eigenvalue weighted by molar-refractivity contribution is 1.33. The summed E-state index contributed by atoms with van der Waals surface area (Å²) in [5, 5.41) is 8.78. The molecule has 3 rings (SSSR count).